The number of thioether (sulfide) groups is 1. The zero-order valence-electron chi connectivity index (χ0n) is 16.0. The molecule has 2 rings (SSSR count). The minimum Gasteiger partial charge on any atom is -0.462 e. The summed E-state index contributed by atoms with van der Waals surface area (Å²) in [6.07, 6.45) is 0. The monoisotopic (exact) mass is 409 g/mol. The van der Waals surface area contributed by atoms with Crippen molar-refractivity contribution in [3.63, 3.8) is 0 Å². The van der Waals surface area contributed by atoms with Gasteiger partial charge in [-0.3, -0.25) is 9.59 Å². The number of carbonyl (C=O) groups excluding carboxylic acids is 2. The molecule has 9 heteroatoms. The average Bonchev–Trinajstić information content (AvgIpc) is 2.86. The van der Waals surface area contributed by atoms with E-state index in [1.807, 2.05) is 27.7 Å². The van der Waals surface area contributed by atoms with Crippen LogP contribution in [0.5, 0.6) is 0 Å². The summed E-state index contributed by atoms with van der Waals surface area (Å²) in [4.78, 5) is 44.2. The molecule has 0 aliphatic heterocycles. The Morgan fingerprint density at radius 2 is 2.07 bits per heavy atom. The highest BCUT2D eigenvalue weighted by atomic mass is 32.2. The van der Waals surface area contributed by atoms with Gasteiger partial charge in [0.2, 0.25) is 5.91 Å². The number of esters is 1. The first-order chi connectivity index (χ1) is 12.7. The fourth-order valence-corrected chi connectivity index (χ4v) is 4.03. The largest absolute Gasteiger partial charge is 0.462 e. The van der Waals surface area contributed by atoms with Crippen LogP contribution in [-0.4, -0.2) is 34.2 Å². The molecule has 0 aromatic carbocycles. The smallest absolute Gasteiger partial charge is 0.341 e. The number of thiophene rings is 1. The molecule has 0 saturated carbocycles. The topological polar surface area (TPSA) is 101 Å². The normalized spacial score (nSPS) is 10.9. The summed E-state index contributed by atoms with van der Waals surface area (Å²) < 4.78 is 5.08. The third-order valence-corrected chi connectivity index (χ3v) is 5.79. The quantitative estimate of drug-likeness (QED) is 0.412. The molecule has 0 atom stereocenters. The highest BCUT2D eigenvalue weighted by Gasteiger charge is 2.22. The second-order valence-corrected chi connectivity index (χ2v) is 8.36. The van der Waals surface area contributed by atoms with Gasteiger partial charge in [0, 0.05) is 10.9 Å². The van der Waals surface area contributed by atoms with Gasteiger partial charge in [0.05, 0.1) is 23.6 Å². The molecule has 1 amide bonds. The van der Waals surface area contributed by atoms with Crippen molar-refractivity contribution >= 4 is 40.0 Å². The fraction of sp³-hybridized carbons (Fsp3) is 0.444. The number of aromatic nitrogens is 2. The summed E-state index contributed by atoms with van der Waals surface area (Å²) in [7, 11) is 0. The molecule has 2 heterocycles. The minimum atomic E-state index is -0.446. The molecule has 7 nitrogen and oxygen atoms in total. The van der Waals surface area contributed by atoms with Crippen molar-refractivity contribution < 1.29 is 14.3 Å². The van der Waals surface area contributed by atoms with Gasteiger partial charge in [-0.25, -0.2) is 9.78 Å². The average molecular weight is 410 g/mol. The third-order valence-electron chi connectivity index (χ3n) is 3.79. The molecule has 146 valence electrons. The molecular formula is C18H23N3O4S2. The maximum atomic E-state index is 12.3. The zero-order chi connectivity index (χ0) is 20.1. The van der Waals surface area contributed by atoms with Crippen LogP contribution in [0.25, 0.3) is 0 Å². The summed E-state index contributed by atoms with van der Waals surface area (Å²) >= 11 is 2.48. The minimum absolute atomic E-state index is 0.0583. The van der Waals surface area contributed by atoms with Crippen molar-refractivity contribution in [3.05, 3.63) is 38.1 Å². The van der Waals surface area contributed by atoms with Crippen molar-refractivity contribution in [1.29, 1.82) is 0 Å². The summed E-state index contributed by atoms with van der Waals surface area (Å²) in [5.41, 5.74) is 1.63. The van der Waals surface area contributed by atoms with Gasteiger partial charge in [-0.15, -0.1) is 11.3 Å². The number of aromatic amines is 1. The van der Waals surface area contributed by atoms with Gasteiger partial charge in [-0.1, -0.05) is 25.6 Å². The highest BCUT2D eigenvalue weighted by Crippen LogP contribution is 2.33. The van der Waals surface area contributed by atoms with Crippen LogP contribution in [0.3, 0.4) is 0 Å². The number of carbonyl (C=O) groups is 2. The Bertz CT molecular complexity index is 902. The summed E-state index contributed by atoms with van der Waals surface area (Å²) in [6, 6.07) is 1.46. The zero-order valence-corrected chi connectivity index (χ0v) is 17.6. The summed E-state index contributed by atoms with van der Waals surface area (Å²) in [5, 5.41) is 3.64. The van der Waals surface area contributed by atoms with Crippen molar-refractivity contribution in [2.45, 2.75) is 45.7 Å². The molecule has 0 bridgehead atoms. The Balaban J connectivity index is 2.10. The summed E-state index contributed by atoms with van der Waals surface area (Å²) in [5.74, 6) is -0.560. The summed E-state index contributed by atoms with van der Waals surface area (Å²) in [6.45, 7) is 9.61. The number of anilines is 1. The second kappa shape index (κ2) is 9.18. The second-order valence-electron chi connectivity index (χ2n) is 6.17. The first-order valence-corrected chi connectivity index (χ1v) is 10.3. The molecule has 0 aliphatic rings. The highest BCUT2D eigenvalue weighted by molar-refractivity contribution is 7.99. The Labute approximate surface area is 165 Å². The van der Waals surface area contributed by atoms with Crippen LogP contribution in [0.2, 0.25) is 0 Å². The van der Waals surface area contributed by atoms with Gasteiger partial charge in [0.1, 0.15) is 5.00 Å². The first kappa shape index (κ1) is 21.2. The van der Waals surface area contributed by atoms with Gasteiger partial charge in [0.15, 0.2) is 5.16 Å². The van der Waals surface area contributed by atoms with Gasteiger partial charge < -0.3 is 15.0 Å². The lowest BCUT2D eigenvalue weighted by Gasteiger charge is -2.08. The SMILES string of the molecule is CCOC(=O)c1c(NC(=O)CSc2nc(C(C)C)cc(=O)[nH]2)sc(C)c1C. The lowest BCUT2D eigenvalue weighted by Crippen LogP contribution is -2.17. The number of rotatable bonds is 7. The van der Waals surface area contributed by atoms with Crippen LogP contribution >= 0.6 is 23.1 Å². The Morgan fingerprint density at radius 1 is 1.37 bits per heavy atom. The standard InChI is InChI=1S/C18H23N3O4S2/c1-6-25-17(24)15-10(4)11(5)27-16(15)20-14(23)8-26-18-19-12(9(2)3)7-13(22)21-18/h7,9H,6,8H2,1-5H3,(H,20,23)(H,19,21,22). The fourth-order valence-electron chi connectivity index (χ4n) is 2.28. The Hall–Kier alpha value is -2.13. The number of aryl methyl sites for hydroxylation is 1. The van der Waals surface area contributed by atoms with Crippen molar-refractivity contribution in [1.82, 2.24) is 9.97 Å². The van der Waals surface area contributed by atoms with Gasteiger partial charge in [0.25, 0.3) is 5.56 Å². The van der Waals surface area contributed by atoms with E-state index in [0.717, 1.165) is 22.2 Å². The van der Waals surface area contributed by atoms with Gasteiger partial charge in [-0.2, -0.15) is 0 Å². The number of nitrogens with zero attached hydrogens (tertiary/aromatic N) is 1. The van der Waals surface area contributed by atoms with Crippen LogP contribution < -0.4 is 10.9 Å². The number of amides is 1. The Morgan fingerprint density at radius 3 is 2.70 bits per heavy atom. The van der Waals surface area contributed by atoms with Gasteiger partial charge in [-0.05, 0) is 32.3 Å². The molecule has 2 aromatic heterocycles. The number of hydrogen-bond donors (Lipinski definition) is 2. The van der Waals surface area contributed by atoms with Crippen molar-refractivity contribution in [3.8, 4) is 0 Å². The molecule has 0 fully saturated rings. The van der Waals surface area contributed by atoms with E-state index in [1.54, 1.807) is 6.92 Å². The number of hydrogen-bond acceptors (Lipinski definition) is 7. The lowest BCUT2D eigenvalue weighted by atomic mass is 10.1. The molecule has 2 N–H and O–H groups in total. The van der Waals surface area contributed by atoms with E-state index in [4.69, 9.17) is 4.74 Å². The van der Waals surface area contributed by atoms with E-state index in [9.17, 15) is 14.4 Å². The van der Waals surface area contributed by atoms with Gasteiger partial charge >= 0.3 is 5.97 Å². The maximum absolute atomic E-state index is 12.3. The molecule has 0 saturated heterocycles. The van der Waals surface area contributed by atoms with E-state index >= 15 is 0 Å². The van der Waals surface area contributed by atoms with Crippen LogP contribution in [0.1, 0.15) is 53.2 Å². The van der Waals surface area contributed by atoms with E-state index in [2.05, 4.69) is 15.3 Å². The molecule has 0 radical (unpaired) electrons. The molecule has 0 spiro atoms. The number of H-pyrrole nitrogens is 1. The van der Waals surface area contributed by atoms with E-state index in [0.29, 0.717) is 21.4 Å². The van der Waals surface area contributed by atoms with Crippen molar-refractivity contribution in [2.75, 3.05) is 17.7 Å². The third kappa shape index (κ3) is 5.43. The van der Waals surface area contributed by atoms with Crippen molar-refractivity contribution in [2.24, 2.45) is 0 Å². The molecule has 2 aromatic rings. The van der Waals surface area contributed by atoms with Crippen LogP contribution in [0, 0.1) is 13.8 Å². The van der Waals surface area contributed by atoms with E-state index < -0.39 is 5.97 Å². The van der Waals surface area contributed by atoms with Crippen LogP contribution in [0.15, 0.2) is 16.0 Å². The molecule has 0 unspecified atom stereocenters. The van der Waals surface area contributed by atoms with Crippen LogP contribution in [-0.2, 0) is 9.53 Å². The number of ether oxygens (including phenoxy) is 1. The molecule has 27 heavy (non-hydrogen) atoms. The predicted molar refractivity (Wildman–Crippen MR) is 108 cm³/mol. The van der Waals surface area contributed by atoms with E-state index in [1.165, 1.54) is 17.4 Å². The number of nitrogens with one attached hydrogen (secondary N) is 2. The lowest BCUT2D eigenvalue weighted by molar-refractivity contribution is -0.113. The molecule has 0 aliphatic carbocycles. The Kier molecular flexibility index (Phi) is 7.20. The van der Waals surface area contributed by atoms with E-state index in [-0.39, 0.29) is 29.7 Å². The molecular weight excluding hydrogens is 386 g/mol. The predicted octanol–water partition coefficient (Wildman–Crippen LogP) is 3.48. The first-order valence-electron chi connectivity index (χ1n) is 8.53. The van der Waals surface area contributed by atoms with Crippen LogP contribution in [0.4, 0.5) is 5.00 Å². The maximum Gasteiger partial charge on any atom is 0.341 e.